The Morgan fingerprint density at radius 1 is 0.951 bits per heavy atom. The van der Waals surface area contributed by atoms with Crippen molar-refractivity contribution in [2.45, 2.75) is 76.3 Å². The summed E-state index contributed by atoms with van der Waals surface area (Å²) in [6.07, 6.45) is 5.77. The SMILES string of the molecule is CCc1cc(OCCCCCSc2ccnc3cc(C(F)(F)F)ccc23)c(OC)c(CC)c1N1CCCCC1.Cl.Cl. The average Bonchev–Trinajstić information content (AvgIpc) is 2.95. The number of anilines is 1. The number of hydrogen-bond acceptors (Lipinski definition) is 5. The number of nitrogens with zero attached hydrogens (tertiary/aromatic N) is 2. The number of fused-ring (bicyclic) bond motifs is 1. The van der Waals surface area contributed by atoms with Gasteiger partial charge in [-0.2, -0.15) is 13.2 Å². The minimum atomic E-state index is -4.36. The Kier molecular flexibility index (Phi) is 14.2. The molecule has 4 rings (SSSR count). The standard InChI is InChI=1S/C31H39F3N2O2S.2ClH/c1-4-22-20-27(30(37-3)24(5-2)29(22)36-16-8-6-9-17-36)38-18-10-7-11-19-39-28-14-15-35-26-21-23(31(32,33)34)12-13-25(26)28;;/h12-15,20-21H,4-11,16-19H2,1-3H3;2*1H. The first kappa shape index (κ1) is 35.2. The number of alkyl halides is 3. The zero-order valence-corrected chi connectivity index (χ0v) is 26.5. The van der Waals surface area contributed by atoms with Crippen LogP contribution in [-0.2, 0) is 19.0 Å². The van der Waals surface area contributed by atoms with Crippen molar-refractivity contribution in [2.24, 2.45) is 0 Å². The molecule has 1 aromatic heterocycles. The molecule has 1 saturated heterocycles. The summed E-state index contributed by atoms with van der Waals surface area (Å²) in [7, 11) is 1.73. The number of unbranched alkanes of at least 4 members (excludes halogenated alkanes) is 2. The van der Waals surface area contributed by atoms with E-state index in [2.05, 4.69) is 29.8 Å². The van der Waals surface area contributed by atoms with Gasteiger partial charge in [-0.25, -0.2) is 0 Å². The molecule has 2 heterocycles. The maximum atomic E-state index is 13.0. The molecule has 41 heavy (non-hydrogen) atoms. The van der Waals surface area contributed by atoms with Crippen molar-refractivity contribution in [3.63, 3.8) is 0 Å². The van der Waals surface area contributed by atoms with Gasteiger partial charge < -0.3 is 14.4 Å². The largest absolute Gasteiger partial charge is 0.492 e. The Bertz CT molecular complexity index is 1250. The molecule has 4 nitrogen and oxygen atoms in total. The van der Waals surface area contributed by atoms with Gasteiger partial charge in [0.25, 0.3) is 0 Å². The molecule has 1 fully saturated rings. The number of benzene rings is 2. The Morgan fingerprint density at radius 2 is 1.71 bits per heavy atom. The topological polar surface area (TPSA) is 34.6 Å². The van der Waals surface area contributed by atoms with Crippen LogP contribution in [0.2, 0.25) is 0 Å². The molecule has 228 valence electrons. The number of pyridine rings is 1. The fraction of sp³-hybridized carbons (Fsp3) is 0.516. The van der Waals surface area contributed by atoms with Crippen LogP contribution in [-0.4, -0.2) is 37.5 Å². The number of aryl methyl sites for hydroxylation is 1. The van der Waals surface area contributed by atoms with Gasteiger partial charge >= 0.3 is 6.18 Å². The molecule has 2 aromatic carbocycles. The number of rotatable bonds is 12. The highest BCUT2D eigenvalue weighted by molar-refractivity contribution is 7.99. The molecule has 0 saturated carbocycles. The van der Waals surface area contributed by atoms with Gasteiger partial charge in [-0.15, -0.1) is 36.6 Å². The summed E-state index contributed by atoms with van der Waals surface area (Å²) in [5.41, 5.74) is 3.63. The number of thioether (sulfide) groups is 1. The third kappa shape index (κ3) is 8.74. The van der Waals surface area contributed by atoms with Crippen molar-refractivity contribution in [3.8, 4) is 11.5 Å². The van der Waals surface area contributed by atoms with Gasteiger partial charge in [0.05, 0.1) is 24.8 Å². The van der Waals surface area contributed by atoms with Crippen molar-refractivity contribution in [2.75, 3.05) is 37.5 Å². The van der Waals surface area contributed by atoms with Crippen molar-refractivity contribution >= 4 is 53.2 Å². The molecule has 0 unspecified atom stereocenters. The van der Waals surface area contributed by atoms with Gasteiger partial charge in [-0.3, -0.25) is 4.98 Å². The van der Waals surface area contributed by atoms with Crippen LogP contribution in [0.5, 0.6) is 11.5 Å². The van der Waals surface area contributed by atoms with Crippen LogP contribution in [0.25, 0.3) is 10.9 Å². The van der Waals surface area contributed by atoms with E-state index in [1.165, 1.54) is 42.1 Å². The van der Waals surface area contributed by atoms with E-state index < -0.39 is 11.7 Å². The van der Waals surface area contributed by atoms with Crippen LogP contribution >= 0.6 is 36.6 Å². The van der Waals surface area contributed by atoms with E-state index in [0.717, 1.165) is 84.9 Å². The molecule has 0 spiro atoms. The Labute approximate surface area is 258 Å². The predicted octanol–water partition coefficient (Wildman–Crippen LogP) is 9.56. The zero-order chi connectivity index (χ0) is 27.8. The van der Waals surface area contributed by atoms with E-state index >= 15 is 0 Å². The number of piperidine rings is 1. The van der Waals surface area contributed by atoms with E-state index in [1.807, 2.05) is 6.07 Å². The highest BCUT2D eigenvalue weighted by Gasteiger charge is 2.30. The zero-order valence-electron chi connectivity index (χ0n) is 24.0. The number of aromatic nitrogens is 1. The number of ether oxygens (including phenoxy) is 2. The van der Waals surface area contributed by atoms with E-state index in [1.54, 1.807) is 25.1 Å². The Hall–Kier alpha value is -2.03. The van der Waals surface area contributed by atoms with E-state index in [9.17, 15) is 13.2 Å². The molecular formula is C31H41Cl2F3N2O2S. The highest BCUT2D eigenvalue weighted by Crippen LogP contribution is 2.42. The normalized spacial score (nSPS) is 13.5. The first-order chi connectivity index (χ1) is 18.9. The first-order valence-corrected chi connectivity index (χ1v) is 15.0. The second kappa shape index (κ2) is 16.6. The maximum Gasteiger partial charge on any atom is 0.416 e. The van der Waals surface area contributed by atoms with Gasteiger partial charge in [0.15, 0.2) is 11.5 Å². The lowest BCUT2D eigenvalue weighted by Crippen LogP contribution is -2.31. The van der Waals surface area contributed by atoms with Gasteiger partial charge in [0.1, 0.15) is 0 Å². The first-order valence-electron chi connectivity index (χ1n) is 14.1. The fourth-order valence-electron chi connectivity index (χ4n) is 5.35. The summed E-state index contributed by atoms with van der Waals surface area (Å²) in [6, 6.07) is 7.83. The van der Waals surface area contributed by atoms with Crippen LogP contribution < -0.4 is 14.4 Å². The van der Waals surface area contributed by atoms with Gasteiger partial charge in [-0.1, -0.05) is 19.9 Å². The number of methoxy groups -OCH3 is 1. The third-order valence-electron chi connectivity index (χ3n) is 7.34. The molecule has 0 radical (unpaired) electrons. The van der Waals surface area contributed by atoms with Crippen molar-refractivity contribution in [3.05, 3.63) is 53.2 Å². The second-order valence-corrected chi connectivity index (χ2v) is 11.1. The lowest BCUT2D eigenvalue weighted by Gasteiger charge is -2.33. The molecule has 0 amide bonds. The minimum Gasteiger partial charge on any atom is -0.492 e. The highest BCUT2D eigenvalue weighted by atomic mass is 35.5. The van der Waals surface area contributed by atoms with Crippen LogP contribution in [0.15, 0.2) is 41.4 Å². The average molecular weight is 634 g/mol. The van der Waals surface area contributed by atoms with E-state index in [4.69, 9.17) is 9.47 Å². The molecule has 0 aliphatic carbocycles. The lowest BCUT2D eigenvalue weighted by atomic mass is 9.98. The van der Waals surface area contributed by atoms with Crippen LogP contribution in [0.1, 0.15) is 69.1 Å². The van der Waals surface area contributed by atoms with E-state index in [-0.39, 0.29) is 24.8 Å². The summed E-state index contributed by atoms with van der Waals surface area (Å²) in [6.45, 7) is 7.22. The van der Waals surface area contributed by atoms with Gasteiger partial charge in [-0.05, 0) is 86.9 Å². The summed E-state index contributed by atoms with van der Waals surface area (Å²) < 4.78 is 51.3. The van der Waals surface area contributed by atoms with Gasteiger partial charge in [0.2, 0.25) is 0 Å². The molecule has 10 heteroatoms. The van der Waals surface area contributed by atoms with Gasteiger partial charge in [0, 0.05) is 40.8 Å². The lowest BCUT2D eigenvalue weighted by molar-refractivity contribution is -0.137. The van der Waals surface area contributed by atoms with Crippen molar-refractivity contribution in [1.82, 2.24) is 4.98 Å². The van der Waals surface area contributed by atoms with Crippen LogP contribution in [0.3, 0.4) is 0 Å². The van der Waals surface area contributed by atoms with Crippen molar-refractivity contribution in [1.29, 1.82) is 0 Å². The maximum absolute atomic E-state index is 13.0. The molecule has 0 N–H and O–H groups in total. The summed E-state index contributed by atoms with van der Waals surface area (Å²) in [5, 5.41) is 0.761. The number of hydrogen-bond donors (Lipinski definition) is 0. The third-order valence-corrected chi connectivity index (χ3v) is 8.50. The smallest absolute Gasteiger partial charge is 0.416 e. The Balaban J connectivity index is 0.00000294. The summed E-state index contributed by atoms with van der Waals surface area (Å²) >= 11 is 1.66. The van der Waals surface area contributed by atoms with Crippen LogP contribution in [0.4, 0.5) is 18.9 Å². The number of halogens is 5. The molecule has 1 aliphatic rings. The van der Waals surface area contributed by atoms with Crippen LogP contribution in [0, 0.1) is 0 Å². The minimum absolute atomic E-state index is 0. The second-order valence-electron chi connectivity index (χ2n) is 9.95. The summed E-state index contributed by atoms with van der Waals surface area (Å²) in [5.74, 6) is 2.58. The Morgan fingerprint density at radius 3 is 2.37 bits per heavy atom. The summed E-state index contributed by atoms with van der Waals surface area (Å²) in [4.78, 5) is 7.64. The van der Waals surface area contributed by atoms with E-state index in [0.29, 0.717) is 12.1 Å². The molecule has 0 bridgehead atoms. The molecule has 3 aromatic rings. The molecular weight excluding hydrogens is 592 g/mol. The predicted molar refractivity (Wildman–Crippen MR) is 169 cm³/mol. The van der Waals surface area contributed by atoms with Crippen molar-refractivity contribution < 1.29 is 22.6 Å². The fourth-order valence-corrected chi connectivity index (χ4v) is 6.40. The molecule has 1 aliphatic heterocycles. The quantitative estimate of drug-likeness (QED) is 0.147. The monoisotopic (exact) mass is 632 g/mol. The molecule has 0 atom stereocenters.